The minimum Gasteiger partial charge on any atom is -0.383 e. The van der Waals surface area contributed by atoms with Crippen molar-refractivity contribution in [1.29, 1.82) is 0 Å². The van der Waals surface area contributed by atoms with Crippen molar-refractivity contribution in [3.63, 3.8) is 0 Å². The first-order valence-electron chi connectivity index (χ1n) is 6.72. The topological polar surface area (TPSA) is 38.4 Å². The summed E-state index contributed by atoms with van der Waals surface area (Å²) in [7, 11) is 0. The lowest BCUT2D eigenvalue weighted by atomic mass is 10.1. The van der Waals surface area contributed by atoms with Crippen LogP contribution in [0.2, 0.25) is 0 Å². The molecule has 0 radical (unpaired) electrons. The van der Waals surface area contributed by atoms with Crippen molar-refractivity contribution in [3.8, 4) is 0 Å². The maximum Gasteiger partial charge on any atom is 0.131 e. The Kier molecular flexibility index (Phi) is 3.40. The first-order chi connectivity index (χ1) is 10.1. The number of aryl methyl sites for hydroxylation is 1. The summed E-state index contributed by atoms with van der Waals surface area (Å²) in [4.78, 5) is 4.39. The number of rotatable bonds is 2. The maximum absolute atomic E-state index is 13.4. The Balaban J connectivity index is 2.02. The van der Waals surface area contributed by atoms with E-state index in [4.69, 9.17) is 5.73 Å². The predicted octanol–water partition coefficient (Wildman–Crippen LogP) is 4.32. The second-order valence-electron chi connectivity index (χ2n) is 5.05. The normalized spacial score (nSPS) is 11.8. The minimum atomic E-state index is -0.304. The number of aliphatic imine (C=N–C) groups is 1. The number of benzene rings is 3. The van der Waals surface area contributed by atoms with E-state index < -0.39 is 0 Å². The summed E-state index contributed by atoms with van der Waals surface area (Å²) < 4.78 is 13.4. The Morgan fingerprint density at radius 1 is 0.952 bits per heavy atom. The van der Waals surface area contributed by atoms with Crippen LogP contribution in [0.15, 0.2) is 65.7 Å². The van der Waals surface area contributed by atoms with E-state index in [2.05, 4.69) is 4.99 Å². The molecule has 0 amide bonds. The largest absolute Gasteiger partial charge is 0.383 e. The van der Waals surface area contributed by atoms with Gasteiger partial charge in [-0.15, -0.1) is 0 Å². The number of nitrogens with zero attached hydrogens (tertiary/aromatic N) is 1. The molecule has 3 aromatic rings. The molecule has 0 saturated heterocycles. The molecule has 0 fully saturated rings. The Morgan fingerprint density at radius 2 is 1.71 bits per heavy atom. The summed E-state index contributed by atoms with van der Waals surface area (Å²) in [6.45, 7) is 1.83. The summed E-state index contributed by atoms with van der Waals surface area (Å²) in [5.41, 5.74) is 8.17. The molecular formula is C18H15FN2. The number of hydrogen-bond acceptors (Lipinski definition) is 1. The second kappa shape index (κ2) is 5.37. The van der Waals surface area contributed by atoms with Gasteiger partial charge in [0.1, 0.15) is 11.7 Å². The zero-order chi connectivity index (χ0) is 14.8. The van der Waals surface area contributed by atoms with Crippen LogP contribution in [0.3, 0.4) is 0 Å². The molecule has 0 aromatic heterocycles. The van der Waals surface area contributed by atoms with Crippen molar-refractivity contribution < 1.29 is 4.39 Å². The molecule has 0 aliphatic carbocycles. The summed E-state index contributed by atoms with van der Waals surface area (Å²) in [5, 5.41) is 2.25. The first kappa shape index (κ1) is 13.3. The average Bonchev–Trinajstić information content (AvgIpc) is 2.46. The van der Waals surface area contributed by atoms with Crippen LogP contribution >= 0.6 is 0 Å². The van der Waals surface area contributed by atoms with E-state index in [0.29, 0.717) is 11.4 Å². The number of halogens is 1. The molecule has 21 heavy (non-hydrogen) atoms. The molecule has 3 heteroatoms. The Bertz CT molecular complexity index is 817. The zero-order valence-corrected chi connectivity index (χ0v) is 11.7. The van der Waals surface area contributed by atoms with Gasteiger partial charge in [0.2, 0.25) is 0 Å². The van der Waals surface area contributed by atoms with Gasteiger partial charge in [-0.05, 0) is 53.6 Å². The molecule has 0 atom stereocenters. The number of nitrogens with two attached hydrogens (primary N) is 1. The average molecular weight is 278 g/mol. The second-order valence-corrected chi connectivity index (χ2v) is 5.05. The van der Waals surface area contributed by atoms with E-state index in [1.54, 1.807) is 0 Å². The lowest BCUT2D eigenvalue weighted by Crippen LogP contribution is -2.13. The first-order valence-corrected chi connectivity index (χ1v) is 6.72. The number of amidine groups is 1. The standard InChI is InChI=1S/C18H15FN2/c1-12-8-15(10-16(19)9-12)18(20)21-17-7-6-13-4-2-3-5-14(13)11-17/h2-11H,1H3,(H2,20,21). The highest BCUT2D eigenvalue weighted by Crippen LogP contribution is 2.21. The van der Waals surface area contributed by atoms with E-state index in [-0.39, 0.29) is 5.82 Å². The molecule has 104 valence electrons. The highest BCUT2D eigenvalue weighted by atomic mass is 19.1. The fraction of sp³-hybridized carbons (Fsp3) is 0.0556. The molecule has 0 heterocycles. The van der Waals surface area contributed by atoms with Gasteiger partial charge < -0.3 is 5.73 Å². The number of fused-ring (bicyclic) bond motifs is 1. The van der Waals surface area contributed by atoms with Gasteiger partial charge in [0.15, 0.2) is 0 Å². The highest BCUT2D eigenvalue weighted by molar-refractivity contribution is 5.99. The third kappa shape index (κ3) is 2.92. The van der Waals surface area contributed by atoms with Gasteiger partial charge in [-0.2, -0.15) is 0 Å². The predicted molar refractivity (Wildman–Crippen MR) is 85.5 cm³/mol. The van der Waals surface area contributed by atoms with E-state index in [0.717, 1.165) is 22.0 Å². The summed E-state index contributed by atoms with van der Waals surface area (Å²) in [6.07, 6.45) is 0. The monoisotopic (exact) mass is 278 g/mol. The fourth-order valence-corrected chi connectivity index (χ4v) is 2.33. The highest BCUT2D eigenvalue weighted by Gasteiger charge is 2.03. The van der Waals surface area contributed by atoms with E-state index in [1.165, 1.54) is 12.1 Å². The molecule has 0 unspecified atom stereocenters. The zero-order valence-electron chi connectivity index (χ0n) is 11.7. The van der Waals surface area contributed by atoms with E-state index in [1.807, 2.05) is 55.5 Å². The molecule has 0 bridgehead atoms. The SMILES string of the molecule is Cc1cc(F)cc(C(N)=Nc2ccc3ccccc3c2)c1. The summed E-state index contributed by atoms with van der Waals surface area (Å²) in [6, 6.07) is 18.6. The third-order valence-corrected chi connectivity index (χ3v) is 3.32. The van der Waals surface area contributed by atoms with Crippen LogP contribution in [-0.2, 0) is 0 Å². The van der Waals surface area contributed by atoms with E-state index in [9.17, 15) is 4.39 Å². The lowest BCUT2D eigenvalue weighted by molar-refractivity contribution is 0.626. The van der Waals surface area contributed by atoms with Gasteiger partial charge in [-0.1, -0.05) is 30.3 Å². The van der Waals surface area contributed by atoms with Crippen LogP contribution in [0.5, 0.6) is 0 Å². The lowest BCUT2D eigenvalue weighted by Gasteiger charge is -2.04. The molecular weight excluding hydrogens is 263 g/mol. The van der Waals surface area contributed by atoms with E-state index >= 15 is 0 Å². The maximum atomic E-state index is 13.4. The summed E-state index contributed by atoms with van der Waals surface area (Å²) >= 11 is 0. The van der Waals surface area contributed by atoms with Crippen LogP contribution in [0.25, 0.3) is 10.8 Å². The molecule has 2 N–H and O–H groups in total. The molecule has 3 rings (SSSR count). The fourth-order valence-electron chi connectivity index (χ4n) is 2.33. The van der Waals surface area contributed by atoms with Crippen molar-refractivity contribution >= 4 is 22.3 Å². The smallest absolute Gasteiger partial charge is 0.131 e. The van der Waals surface area contributed by atoms with Gasteiger partial charge in [-0.3, -0.25) is 0 Å². The van der Waals surface area contributed by atoms with Crippen molar-refractivity contribution in [1.82, 2.24) is 0 Å². The molecule has 0 spiro atoms. The van der Waals surface area contributed by atoms with Crippen LogP contribution in [0.4, 0.5) is 10.1 Å². The third-order valence-electron chi connectivity index (χ3n) is 3.32. The van der Waals surface area contributed by atoms with Gasteiger partial charge in [0.05, 0.1) is 5.69 Å². The van der Waals surface area contributed by atoms with Gasteiger partial charge in [0.25, 0.3) is 0 Å². The molecule has 0 saturated carbocycles. The van der Waals surface area contributed by atoms with Crippen LogP contribution < -0.4 is 5.73 Å². The minimum absolute atomic E-state index is 0.304. The van der Waals surface area contributed by atoms with Crippen molar-refractivity contribution in [2.75, 3.05) is 0 Å². The molecule has 0 aliphatic heterocycles. The van der Waals surface area contributed by atoms with Crippen LogP contribution in [0.1, 0.15) is 11.1 Å². The van der Waals surface area contributed by atoms with Crippen LogP contribution in [0, 0.1) is 12.7 Å². The quantitative estimate of drug-likeness (QED) is 0.550. The van der Waals surface area contributed by atoms with Gasteiger partial charge >= 0.3 is 0 Å². The Labute approximate surface area is 122 Å². The van der Waals surface area contributed by atoms with Crippen molar-refractivity contribution in [2.24, 2.45) is 10.7 Å². The Morgan fingerprint density at radius 3 is 2.48 bits per heavy atom. The number of hydrogen-bond donors (Lipinski definition) is 1. The Hall–Kier alpha value is -2.68. The molecule has 3 aromatic carbocycles. The molecule has 0 aliphatic rings. The van der Waals surface area contributed by atoms with Gasteiger partial charge in [-0.25, -0.2) is 9.38 Å². The van der Waals surface area contributed by atoms with Crippen molar-refractivity contribution in [3.05, 3.63) is 77.6 Å². The van der Waals surface area contributed by atoms with Crippen LogP contribution in [-0.4, -0.2) is 5.84 Å². The van der Waals surface area contributed by atoms with Gasteiger partial charge in [0, 0.05) is 5.56 Å². The summed E-state index contributed by atoms with van der Waals surface area (Å²) in [5.74, 6) is 0.00884. The molecule has 2 nitrogen and oxygen atoms in total. The van der Waals surface area contributed by atoms with Crippen molar-refractivity contribution in [2.45, 2.75) is 6.92 Å².